The van der Waals surface area contributed by atoms with Crippen LogP contribution in [0.15, 0.2) is 23.1 Å². The highest BCUT2D eigenvalue weighted by molar-refractivity contribution is 7.89. The van der Waals surface area contributed by atoms with Crippen molar-refractivity contribution in [2.24, 2.45) is 5.92 Å². The molecule has 0 aliphatic heterocycles. The molecule has 0 atom stereocenters. The molecule has 0 amide bonds. The van der Waals surface area contributed by atoms with Crippen LogP contribution >= 0.6 is 11.6 Å². The molecule has 1 saturated carbocycles. The van der Waals surface area contributed by atoms with E-state index in [1.165, 1.54) is 6.07 Å². The Hall–Kier alpha value is -0.690. The lowest BCUT2D eigenvalue weighted by Crippen LogP contribution is -2.38. The predicted octanol–water partition coefficient (Wildman–Crippen LogP) is 2.31. The lowest BCUT2D eigenvalue weighted by atomic mass is 9.87. The van der Waals surface area contributed by atoms with Crippen molar-refractivity contribution in [1.82, 2.24) is 4.72 Å². The minimum Gasteiger partial charge on any atom is -0.396 e. The lowest BCUT2D eigenvalue weighted by Gasteiger charge is -2.27. The Morgan fingerprint density at radius 2 is 1.95 bits per heavy atom. The number of hydrogen-bond acceptors (Lipinski definition) is 3. The third kappa shape index (κ3) is 3.69. The number of benzene rings is 1. The van der Waals surface area contributed by atoms with Crippen LogP contribution in [0.1, 0.15) is 25.7 Å². The van der Waals surface area contributed by atoms with Crippen molar-refractivity contribution >= 4 is 21.6 Å². The molecular formula is C13H17ClFNO3S. The first-order valence-corrected chi connectivity index (χ1v) is 8.36. The van der Waals surface area contributed by atoms with Crippen molar-refractivity contribution in [2.45, 2.75) is 36.6 Å². The molecule has 0 bridgehead atoms. The van der Waals surface area contributed by atoms with Crippen molar-refractivity contribution in [2.75, 3.05) is 6.61 Å². The number of aliphatic hydroxyl groups is 1. The molecule has 7 heteroatoms. The number of hydrogen-bond donors (Lipinski definition) is 2. The Labute approximate surface area is 123 Å². The molecule has 4 nitrogen and oxygen atoms in total. The Morgan fingerprint density at radius 3 is 2.50 bits per heavy atom. The van der Waals surface area contributed by atoms with Gasteiger partial charge in [-0.2, -0.15) is 0 Å². The molecule has 1 fully saturated rings. The topological polar surface area (TPSA) is 66.4 Å². The van der Waals surface area contributed by atoms with Crippen LogP contribution in [-0.2, 0) is 10.0 Å². The molecule has 2 N–H and O–H groups in total. The second-order valence-corrected chi connectivity index (χ2v) is 7.22. The van der Waals surface area contributed by atoms with Crippen molar-refractivity contribution in [1.29, 1.82) is 0 Å². The second kappa shape index (κ2) is 6.39. The highest BCUT2D eigenvalue weighted by Crippen LogP contribution is 2.26. The van der Waals surface area contributed by atoms with E-state index in [9.17, 15) is 12.8 Å². The first-order valence-electron chi connectivity index (χ1n) is 6.50. The number of nitrogens with one attached hydrogen (secondary N) is 1. The summed E-state index contributed by atoms with van der Waals surface area (Å²) in [6, 6.07) is 3.20. The molecule has 1 aliphatic rings. The molecule has 0 aromatic heterocycles. The SMILES string of the molecule is O=S(=O)(NC1CCC(CO)CC1)c1ccc(F)c(Cl)c1. The molecule has 112 valence electrons. The second-order valence-electron chi connectivity index (χ2n) is 5.10. The first-order chi connectivity index (χ1) is 9.42. The molecule has 1 aromatic carbocycles. The van der Waals surface area contributed by atoms with E-state index >= 15 is 0 Å². The average Bonchev–Trinajstić information content (AvgIpc) is 2.42. The quantitative estimate of drug-likeness (QED) is 0.894. The zero-order valence-electron chi connectivity index (χ0n) is 10.9. The van der Waals surface area contributed by atoms with Crippen LogP contribution in [0, 0.1) is 11.7 Å². The van der Waals surface area contributed by atoms with Gasteiger partial charge in [0.15, 0.2) is 0 Å². The first kappa shape index (κ1) is 15.7. The summed E-state index contributed by atoms with van der Waals surface area (Å²) in [7, 11) is -3.69. The molecule has 0 heterocycles. The third-order valence-corrected chi connectivity index (χ3v) is 5.44. The Bertz CT molecular complexity index is 571. The Balaban J connectivity index is 2.06. The lowest BCUT2D eigenvalue weighted by molar-refractivity contribution is 0.180. The van der Waals surface area contributed by atoms with Gasteiger partial charge >= 0.3 is 0 Å². The van der Waals surface area contributed by atoms with Crippen LogP contribution < -0.4 is 4.72 Å². The third-order valence-electron chi connectivity index (χ3n) is 3.63. The molecule has 1 aromatic rings. The number of sulfonamides is 1. The molecule has 0 spiro atoms. The summed E-state index contributed by atoms with van der Waals surface area (Å²) in [5.74, 6) is -0.384. The maximum absolute atomic E-state index is 13.1. The minimum atomic E-state index is -3.69. The summed E-state index contributed by atoms with van der Waals surface area (Å²) in [6.45, 7) is 0.146. The molecule has 20 heavy (non-hydrogen) atoms. The van der Waals surface area contributed by atoms with Gasteiger partial charge in [-0.05, 0) is 49.8 Å². The maximum atomic E-state index is 13.1. The van der Waals surface area contributed by atoms with E-state index in [4.69, 9.17) is 16.7 Å². The van der Waals surface area contributed by atoms with Crippen molar-refractivity contribution in [3.63, 3.8) is 0 Å². The van der Waals surface area contributed by atoms with Gasteiger partial charge in [-0.25, -0.2) is 17.5 Å². The highest BCUT2D eigenvalue weighted by atomic mass is 35.5. The fraction of sp³-hybridized carbons (Fsp3) is 0.538. The van der Waals surface area contributed by atoms with E-state index in [1.807, 2.05) is 0 Å². The Morgan fingerprint density at radius 1 is 1.30 bits per heavy atom. The zero-order valence-corrected chi connectivity index (χ0v) is 12.4. The number of aliphatic hydroxyl groups excluding tert-OH is 1. The van der Waals surface area contributed by atoms with Crippen LogP contribution in [-0.4, -0.2) is 26.2 Å². The normalized spacial score (nSPS) is 23.8. The van der Waals surface area contributed by atoms with Gasteiger partial charge in [0.25, 0.3) is 0 Å². The van der Waals surface area contributed by atoms with Gasteiger partial charge in [-0.1, -0.05) is 11.6 Å². The minimum absolute atomic E-state index is 0.0341. The fourth-order valence-corrected chi connectivity index (χ4v) is 3.97. The molecular weight excluding hydrogens is 305 g/mol. The maximum Gasteiger partial charge on any atom is 0.240 e. The van der Waals surface area contributed by atoms with E-state index in [1.54, 1.807) is 0 Å². The van der Waals surface area contributed by atoms with Crippen molar-refractivity contribution in [3.8, 4) is 0 Å². The van der Waals surface area contributed by atoms with Crippen LogP contribution in [0.4, 0.5) is 4.39 Å². The van der Waals surface area contributed by atoms with Gasteiger partial charge in [-0.3, -0.25) is 0 Å². The highest BCUT2D eigenvalue weighted by Gasteiger charge is 2.25. The molecule has 0 saturated heterocycles. The smallest absolute Gasteiger partial charge is 0.240 e. The van der Waals surface area contributed by atoms with Gasteiger partial charge in [0.1, 0.15) is 5.82 Å². The van der Waals surface area contributed by atoms with Crippen molar-refractivity contribution in [3.05, 3.63) is 29.0 Å². The number of halogens is 2. The average molecular weight is 322 g/mol. The predicted molar refractivity (Wildman–Crippen MR) is 74.6 cm³/mol. The summed E-state index contributed by atoms with van der Waals surface area (Å²) < 4.78 is 40.0. The number of rotatable bonds is 4. The van der Waals surface area contributed by atoms with E-state index < -0.39 is 15.8 Å². The van der Waals surface area contributed by atoms with E-state index in [-0.39, 0.29) is 28.5 Å². The molecule has 1 aliphatic carbocycles. The monoisotopic (exact) mass is 321 g/mol. The molecule has 0 radical (unpaired) electrons. The standard InChI is InChI=1S/C13H17ClFNO3S/c14-12-7-11(5-6-13(12)15)20(18,19)16-10-3-1-9(8-17)2-4-10/h5-7,9-10,16-17H,1-4,8H2. The fourth-order valence-electron chi connectivity index (χ4n) is 2.39. The van der Waals surface area contributed by atoms with Gasteiger partial charge in [-0.15, -0.1) is 0 Å². The van der Waals surface area contributed by atoms with Crippen LogP contribution in [0.2, 0.25) is 5.02 Å². The summed E-state index contributed by atoms with van der Waals surface area (Å²) in [4.78, 5) is -0.0341. The van der Waals surface area contributed by atoms with E-state index in [2.05, 4.69) is 4.72 Å². The summed E-state index contributed by atoms with van der Waals surface area (Å²) in [6.07, 6.45) is 2.99. The van der Waals surface area contributed by atoms with Gasteiger partial charge < -0.3 is 5.11 Å². The Kier molecular flexibility index (Phi) is 5.01. The van der Waals surface area contributed by atoms with Crippen molar-refractivity contribution < 1.29 is 17.9 Å². The molecule has 0 unspecified atom stereocenters. The zero-order chi connectivity index (χ0) is 14.8. The summed E-state index contributed by atoms with van der Waals surface area (Å²) >= 11 is 5.61. The van der Waals surface area contributed by atoms with E-state index in [0.29, 0.717) is 12.8 Å². The van der Waals surface area contributed by atoms with E-state index in [0.717, 1.165) is 25.0 Å². The van der Waals surface area contributed by atoms with Crippen LogP contribution in [0.3, 0.4) is 0 Å². The van der Waals surface area contributed by atoms with Gasteiger partial charge in [0.05, 0.1) is 9.92 Å². The van der Waals surface area contributed by atoms with Crippen LogP contribution in [0.25, 0.3) is 0 Å². The van der Waals surface area contributed by atoms with Crippen LogP contribution in [0.5, 0.6) is 0 Å². The molecule has 2 rings (SSSR count). The van der Waals surface area contributed by atoms with Gasteiger partial charge in [0, 0.05) is 12.6 Å². The summed E-state index contributed by atoms with van der Waals surface area (Å²) in [5.41, 5.74) is 0. The largest absolute Gasteiger partial charge is 0.396 e. The van der Waals surface area contributed by atoms with Gasteiger partial charge in [0.2, 0.25) is 10.0 Å². The summed E-state index contributed by atoms with van der Waals surface area (Å²) in [5, 5.41) is 8.84.